The maximum absolute atomic E-state index is 13.4. The molecule has 0 unspecified atom stereocenters. The molecule has 5 atom stereocenters. The van der Waals surface area contributed by atoms with E-state index in [-0.39, 0.29) is 47.8 Å². The number of carbonyl (C=O) groups is 4. The molecule has 0 saturated carbocycles. The summed E-state index contributed by atoms with van der Waals surface area (Å²) in [5.74, 6) is -1.04. The van der Waals surface area contributed by atoms with Crippen LogP contribution in [0.25, 0.3) is 0 Å². The molecule has 5 N–H and O–H groups in total. The Bertz CT molecular complexity index is 1050. The van der Waals surface area contributed by atoms with E-state index < -0.39 is 42.1 Å². The second-order valence-corrected chi connectivity index (χ2v) is 15.4. The van der Waals surface area contributed by atoms with Crippen LogP contribution >= 0.6 is 23.1 Å². The molecule has 0 aliphatic carbocycles. The predicted octanol–water partition coefficient (Wildman–Crippen LogP) is 4.02. The number of hydrogen-bond donors (Lipinski definition) is 5. The van der Waals surface area contributed by atoms with Crippen LogP contribution in [0.3, 0.4) is 0 Å². The molecule has 0 aliphatic heterocycles. The van der Waals surface area contributed by atoms with Crippen LogP contribution in [0.15, 0.2) is 5.38 Å². The fraction of sp³-hybridized carbons (Fsp3) is 0.774. The van der Waals surface area contributed by atoms with Crippen molar-refractivity contribution in [3.8, 4) is 0 Å². The van der Waals surface area contributed by atoms with Crippen LogP contribution in [0.2, 0.25) is 0 Å². The van der Waals surface area contributed by atoms with E-state index in [1.165, 1.54) is 23.1 Å². The highest BCUT2D eigenvalue weighted by molar-refractivity contribution is 7.99. The van der Waals surface area contributed by atoms with Gasteiger partial charge in [0.25, 0.3) is 0 Å². The van der Waals surface area contributed by atoms with Gasteiger partial charge in [0, 0.05) is 29.3 Å². The van der Waals surface area contributed by atoms with Crippen LogP contribution in [0.5, 0.6) is 0 Å². The first-order valence-corrected chi connectivity index (χ1v) is 17.4. The van der Waals surface area contributed by atoms with Crippen molar-refractivity contribution in [2.45, 2.75) is 118 Å². The van der Waals surface area contributed by atoms with Gasteiger partial charge in [0.15, 0.2) is 0 Å². The Hall–Kier alpha value is -2.38. The maximum atomic E-state index is 13.4. The lowest BCUT2D eigenvalue weighted by atomic mass is 9.91. The third kappa shape index (κ3) is 15.6. The van der Waals surface area contributed by atoms with E-state index in [9.17, 15) is 24.3 Å². The minimum Gasteiger partial charge on any atom is -0.442 e. The van der Waals surface area contributed by atoms with Gasteiger partial charge in [-0.05, 0) is 42.8 Å². The predicted molar refractivity (Wildman–Crippen MR) is 177 cm³/mol. The standard InChI is InChI=1S/C31H55N5O6S2/c1-17(2)11-23(25(37)12-21(9)28(38)36-27(19(5)6)30(40)32-13-18(3)4)34-29(39)24(16-43-20(7)8)35-31(41)42-14-26-33-22(10)15-44-26/h15,17-21,23-25,27,37H,11-14,16H2,1-10H3,(H,32,40)(H,34,39)(H,35,41)(H,36,38)/t21-,23-,24+,25+,27-/m1/s1. The van der Waals surface area contributed by atoms with Gasteiger partial charge in [-0.2, -0.15) is 11.8 Å². The fourth-order valence-electron chi connectivity index (χ4n) is 4.23. The second-order valence-electron chi connectivity index (χ2n) is 12.9. The van der Waals surface area contributed by atoms with E-state index in [4.69, 9.17) is 4.74 Å². The maximum Gasteiger partial charge on any atom is 0.408 e. The minimum atomic E-state index is -1.03. The van der Waals surface area contributed by atoms with Crippen LogP contribution in [0, 0.1) is 30.6 Å². The summed E-state index contributed by atoms with van der Waals surface area (Å²) in [4.78, 5) is 56.1. The Morgan fingerprint density at radius 1 is 0.909 bits per heavy atom. The molecular formula is C31H55N5O6S2. The molecular weight excluding hydrogens is 603 g/mol. The number of amides is 4. The van der Waals surface area contributed by atoms with E-state index in [0.29, 0.717) is 23.7 Å². The molecule has 44 heavy (non-hydrogen) atoms. The zero-order valence-electron chi connectivity index (χ0n) is 28.1. The number of aromatic nitrogens is 1. The molecule has 0 fully saturated rings. The van der Waals surface area contributed by atoms with Gasteiger partial charge in [-0.1, -0.05) is 62.3 Å². The van der Waals surface area contributed by atoms with Crippen molar-refractivity contribution in [3.63, 3.8) is 0 Å². The highest BCUT2D eigenvalue weighted by Crippen LogP contribution is 2.18. The first-order valence-electron chi connectivity index (χ1n) is 15.5. The number of aliphatic hydroxyl groups excluding tert-OH is 1. The minimum absolute atomic E-state index is 0.00168. The molecule has 1 heterocycles. The van der Waals surface area contributed by atoms with Crippen LogP contribution in [0.4, 0.5) is 4.79 Å². The Balaban J connectivity index is 2.91. The number of carbonyl (C=O) groups excluding carboxylic acids is 4. The summed E-state index contributed by atoms with van der Waals surface area (Å²) in [6.07, 6.45) is -1.22. The number of alkyl carbamates (subject to hydrolysis) is 1. The van der Waals surface area contributed by atoms with Crippen LogP contribution in [-0.4, -0.2) is 75.7 Å². The zero-order chi connectivity index (χ0) is 33.6. The monoisotopic (exact) mass is 657 g/mol. The second kappa shape index (κ2) is 19.9. The summed E-state index contributed by atoms with van der Waals surface area (Å²) in [6, 6.07) is -2.25. The number of thioether (sulfide) groups is 1. The Morgan fingerprint density at radius 3 is 2.09 bits per heavy atom. The zero-order valence-corrected chi connectivity index (χ0v) is 29.7. The van der Waals surface area contributed by atoms with Gasteiger partial charge in [0.2, 0.25) is 17.7 Å². The number of nitrogens with zero attached hydrogens (tertiary/aromatic N) is 1. The molecule has 0 radical (unpaired) electrons. The van der Waals surface area contributed by atoms with Gasteiger partial charge < -0.3 is 31.1 Å². The smallest absolute Gasteiger partial charge is 0.408 e. The first-order chi connectivity index (χ1) is 20.5. The number of rotatable bonds is 19. The molecule has 11 nitrogen and oxygen atoms in total. The van der Waals surface area contributed by atoms with Crippen LogP contribution in [0.1, 0.15) is 85.9 Å². The molecule has 13 heteroatoms. The molecule has 252 valence electrons. The molecule has 0 spiro atoms. The number of nitrogens with one attached hydrogen (secondary N) is 4. The third-order valence-electron chi connectivity index (χ3n) is 6.69. The average molecular weight is 658 g/mol. The summed E-state index contributed by atoms with van der Waals surface area (Å²) >= 11 is 2.90. The summed E-state index contributed by atoms with van der Waals surface area (Å²) in [7, 11) is 0. The normalized spacial score (nSPS) is 15.1. The number of ether oxygens (including phenoxy) is 1. The molecule has 0 bridgehead atoms. The summed E-state index contributed by atoms with van der Waals surface area (Å²) in [5.41, 5.74) is 0.841. The summed E-state index contributed by atoms with van der Waals surface area (Å²) < 4.78 is 5.30. The third-order valence-corrected chi connectivity index (χ3v) is 8.82. The molecule has 1 rings (SSSR count). The summed E-state index contributed by atoms with van der Waals surface area (Å²) in [5, 5.41) is 25.3. The fourth-order valence-corrected chi connectivity index (χ4v) is 5.73. The Labute approximate surface area is 271 Å². The lowest BCUT2D eigenvalue weighted by molar-refractivity contribution is -0.132. The van der Waals surface area contributed by atoms with Crippen molar-refractivity contribution in [1.82, 2.24) is 26.3 Å². The van der Waals surface area contributed by atoms with E-state index in [2.05, 4.69) is 26.3 Å². The first kappa shape index (κ1) is 39.6. The van der Waals surface area contributed by atoms with Crippen LogP contribution < -0.4 is 21.3 Å². The summed E-state index contributed by atoms with van der Waals surface area (Å²) in [6.45, 7) is 19.7. The number of thiazole rings is 1. The van der Waals surface area contributed by atoms with Gasteiger partial charge in [-0.25, -0.2) is 9.78 Å². The van der Waals surface area contributed by atoms with Crippen LogP contribution in [-0.2, 0) is 25.7 Å². The van der Waals surface area contributed by atoms with Crippen molar-refractivity contribution in [1.29, 1.82) is 0 Å². The van der Waals surface area contributed by atoms with E-state index in [1.54, 1.807) is 6.92 Å². The van der Waals surface area contributed by atoms with E-state index in [1.807, 2.05) is 67.7 Å². The molecule has 0 aliphatic rings. The van der Waals surface area contributed by atoms with Gasteiger partial charge in [0.05, 0.1) is 12.1 Å². The van der Waals surface area contributed by atoms with Gasteiger partial charge in [0.1, 0.15) is 23.7 Å². The Kier molecular flexibility index (Phi) is 17.9. The molecule has 4 amide bonds. The van der Waals surface area contributed by atoms with Crippen molar-refractivity contribution >= 4 is 46.9 Å². The van der Waals surface area contributed by atoms with Gasteiger partial charge in [-0.15, -0.1) is 11.3 Å². The Morgan fingerprint density at radius 2 is 1.57 bits per heavy atom. The van der Waals surface area contributed by atoms with E-state index >= 15 is 0 Å². The lowest BCUT2D eigenvalue weighted by Crippen LogP contribution is -2.55. The largest absolute Gasteiger partial charge is 0.442 e. The van der Waals surface area contributed by atoms with Crippen molar-refractivity contribution in [2.24, 2.45) is 23.7 Å². The number of aryl methyl sites for hydroxylation is 1. The SMILES string of the molecule is Cc1csc(COC(=O)N[C@@H](CSC(C)C)C(=O)N[C@H](CC(C)C)[C@@H](O)C[C@@H](C)C(=O)N[C@@H](C(=O)NCC(C)C)C(C)C)n1. The number of hydrogen-bond acceptors (Lipinski definition) is 9. The highest BCUT2D eigenvalue weighted by Gasteiger charge is 2.32. The molecule has 1 aromatic rings. The van der Waals surface area contributed by atoms with Crippen molar-refractivity contribution in [3.05, 3.63) is 16.1 Å². The van der Waals surface area contributed by atoms with Gasteiger partial charge >= 0.3 is 6.09 Å². The topological polar surface area (TPSA) is 159 Å². The number of aliphatic hydroxyl groups is 1. The van der Waals surface area contributed by atoms with E-state index in [0.717, 1.165) is 5.69 Å². The van der Waals surface area contributed by atoms with Crippen molar-refractivity contribution in [2.75, 3.05) is 12.3 Å². The molecule has 0 saturated heterocycles. The highest BCUT2D eigenvalue weighted by atomic mass is 32.2. The van der Waals surface area contributed by atoms with Gasteiger partial charge in [-0.3, -0.25) is 14.4 Å². The molecule has 0 aromatic carbocycles. The van der Waals surface area contributed by atoms with Crippen molar-refractivity contribution < 1.29 is 29.0 Å². The quantitative estimate of drug-likeness (QED) is 0.149. The molecule has 1 aromatic heterocycles. The lowest BCUT2D eigenvalue weighted by Gasteiger charge is -2.30. The average Bonchev–Trinajstić information content (AvgIpc) is 3.34.